The third-order valence-corrected chi connectivity index (χ3v) is 10.2. The molecule has 3 amide bonds. The molecular weight excluding hydrogens is 623 g/mol. The molecule has 1 N–H and O–H groups in total. The van der Waals surface area contributed by atoms with Gasteiger partial charge >= 0.3 is 11.0 Å². The van der Waals surface area contributed by atoms with Gasteiger partial charge in [0.15, 0.2) is 0 Å². The van der Waals surface area contributed by atoms with Crippen molar-refractivity contribution in [3.63, 3.8) is 0 Å². The lowest BCUT2D eigenvalue weighted by molar-refractivity contribution is -0.137. The second-order valence-electron chi connectivity index (χ2n) is 10.2. The minimum absolute atomic E-state index is 0.322. The van der Waals surface area contributed by atoms with Gasteiger partial charge in [-0.3, -0.25) is 23.7 Å². The highest BCUT2D eigenvalue weighted by Gasteiger charge is 2.57. The van der Waals surface area contributed by atoms with Crippen LogP contribution in [0.1, 0.15) is 27.5 Å². The summed E-state index contributed by atoms with van der Waals surface area (Å²) in [7, 11) is 0. The first-order valence-electron chi connectivity index (χ1n) is 13.0. The molecule has 1 saturated heterocycles. The van der Waals surface area contributed by atoms with Crippen molar-refractivity contribution in [2.45, 2.75) is 35.8 Å². The van der Waals surface area contributed by atoms with Crippen molar-refractivity contribution < 1.29 is 27.6 Å². The molecule has 0 spiro atoms. The second kappa shape index (κ2) is 11.0. The van der Waals surface area contributed by atoms with Crippen LogP contribution in [0.4, 0.5) is 24.5 Å². The Kier molecular flexibility index (Phi) is 7.47. The number of halogens is 4. The number of hydrogen-bond donors (Lipinski definition) is 1. The lowest BCUT2D eigenvalue weighted by Crippen LogP contribution is -2.33. The fourth-order valence-corrected chi connectivity index (χ4v) is 8.31. The van der Waals surface area contributed by atoms with E-state index in [1.807, 2.05) is 19.1 Å². The molecule has 7 nitrogen and oxygen atoms in total. The van der Waals surface area contributed by atoms with Gasteiger partial charge in [0.25, 0.3) is 0 Å². The van der Waals surface area contributed by atoms with Crippen molar-refractivity contribution in [2.75, 3.05) is 10.2 Å². The van der Waals surface area contributed by atoms with Crippen LogP contribution in [0.25, 0.3) is 0 Å². The number of imide groups is 1. The fraction of sp³-hybridized carbons (Fsp3) is 0.200. The lowest BCUT2D eigenvalue weighted by atomic mass is 9.83. The van der Waals surface area contributed by atoms with Gasteiger partial charge in [-0.25, -0.2) is 4.90 Å². The van der Waals surface area contributed by atoms with Crippen LogP contribution in [0.3, 0.4) is 0 Å². The van der Waals surface area contributed by atoms with E-state index in [-0.39, 0.29) is 6.54 Å². The minimum atomic E-state index is -4.81. The van der Waals surface area contributed by atoms with Crippen LogP contribution >= 0.6 is 34.7 Å². The maximum atomic E-state index is 13.9. The monoisotopic (exact) mass is 643 g/mol. The predicted molar refractivity (Wildman–Crippen MR) is 159 cm³/mol. The molecule has 6 rings (SSSR count). The van der Waals surface area contributed by atoms with E-state index in [1.165, 1.54) is 16.7 Å². The SMILES string of the molecule is Cc1ccc(NC(=O)Cn2c3c(sc2=O)[C@H](c2ccc(Cl)cc2)C2C(=O)N(c4ccccc4C(F)(F)F)C(=O)C2S3)cc1. The van der Waals surface area contributed by atoms with E-state index in [1.54, 1.807) is 36.4 Å². The lowest BCUT2D eigenvalue weighted by Gasteiger charge is -2.30. The standard InChI is InChI=1S/C30H21ClF3N3O4S2/c1-15-6-12-18(13-7-15)35-21(38)14-36-28-25(43-29(36)41)22(16-8-10-17(31)11-9-16)23-24(42-28)27(40)37(26(23)39)20-5-3-2-4-19(20)30(32,33)34/h2-13,22-24H,14H2,1H3,(H,35,38)/t22-,23?,24?/m1/s1. The predicted octanol–water partition coefficient (Wildman–Crippen LogP) is 6.32. The Morgan fingerprint density at radius 1 is 0.953 bits per heavy atom. The summed E-state index contributed by atoms with van der Waals surface area (Å²) in [6.07, 6.45) is -4.81. The zero-order valence-electron chi connectivity index (χ0n) is 22.2. The Labute approximate surface area is 256 Å². The van der Waals surface area contributed by atoms with Gasteiger partial charge in [0.2, 0.25) is 17.7 Å². The van der Waals surface area contributed by atoms with E-state index in [0.717, 1.165) is 40.8 Å². The average Bonchev–Trinajstić information content (AvgIpc) is 3.40. The Morgan fingerprint density at radius 2 is 1.63 bits per heavy atom. The quantitative estimate of drug-likeness (QED) is 0.257. The Hall–Kier alpha value is -3.87. The number of anilines is 2. The molecule has 0 radical (unpaired) electrons. The number of thioether (sulfide) groups is 1. The summed E-state index contributed by atoms with van der Waals surface area (Å²) in [4.78, 5) is 54.6. The number of nitrogens with one attached hydrogen (secondary N) is 1. The Morgan fingerprint density at radius 3 is 2.30 bits per heavy atom. The number of carbonyl (C=O) groups excluding carboxylic acids is 3. The summed E-state index contributed by atoms with van der Waals surface area (Å²) < 4.78 is 43.0. The molecule has 0 saturated carbocycles. The number of carbonyl (C=O) groups is 3. The third-order valence-electron chi connectivity index (χ3n) is 7.37. The summed E-state index contributed by atoms with van der Waals surface area (Å²) in [5.74, 6) is -4.03. The number of benzene rings is 3. The van der Waals surface area contributed by atoms with Crippen LogP contribution < -0.4 is 15.1 Å². The van der Waals surface area contributed by atoms with E-state index in [0.29, 0.717) is 31.1 Å². The number of thiazole rings is 1. The maximum absolute atomic E-state index is 13.9. The molecular formula is C30H21ClF3N3O4S2. The van der Waals surface area contributed by atoms with E-state index in [4.69, 9.17) is 11.6 Å². The molecule has 0 aliphatic carbocycles. The molecule has 4 aromatic rings. The molecule has 0 bridgehead atoms. The minimum Gasteiger partial charge on any atom is -0.325 e. The van der Waals surface area contributed by atoms with Crippen LogP contribution in [0.15, 0.2) is 82.6 Å². The van der Waals surface area contributed by atoms with Crippen molar-refractivity contribution in [1.29, 1.82) is 0 Å². The van der Waals surface area contributed by atoms with E-state index < -0.39 is 57.1 Å². The van der Waals surface area contributed by atoms with Crippen LogP contribution in [-0.2, 0) is 27.1 Å². The van der Waals surface area contributed by atoms with Crippen molar-refractivity contribution in [3.8, 4) is 0 Å². The van der Waals surface area contributed by atoms with Crippen molar-refractivity contribution in [2.24, 2.45) is 5.92 Å². The Bertz CT molecular complexity index is 1820. The fourth-order valence-electron chi connectivity index (χ4n) is 5.41. The number of aromatic nitrogens is 1. The number of alkyl halides is 3. The second-order valence-corrected chi connectivity index (χ2v) is 12.7. The van der Waals surface area contributed by atoms with Crippen LogP contribution in [0, 0.1) is 12.8 Å². The van der Waals surface area contributed by atoms with Gasteiger partial charge in [-0.15, -0.1) is 0 Å². The molecule has 3 aromatic carbocycles. The maximum Gasteiger partial charge on any atom is 0.418 e. The molecule has 2 aliphatic heterocycles. The van der Waals surface area contributed by atoms with Gasteiger partial charge in [0, 0.05) is 21.5 Å². The zero-order valence-corrected chi connectivity index (χ0v) is 24.6. The molecule has 13 heteroatoms. The van der Waals surface area contributed by atoms with Crippen molar-refractivity contribution in [3.05, 3.63) is 109 Å². The molecule has 2 unspecified atom stereocenters. The van der Waals surface area contributed by atoms with Gasteiger partial charge in [-0.1, -0.05) is 76.7 Å². The van der Waals surface area contributed by atoms with Crippen LogP contribution in [-0.4, -0.2) is 27.5 Å². The molecule has 1 aromatic heterocycles. The smallest absolute Gasteiger partial charge is 0.325 e. The zero-order chi connectivity index (χ0) is 30.6. The summed E-state index contributed by atoms with van der Waals surface area (Å²) in [6, 6.07) is 18.1. The van der Waals surface area contributed by atoms with Crippen LogP contribution in [0.5, 0.6) is 0 Å². The molecule has 3 heterocycles. The number of hydrogen-bond acceptors (Lipinski definition) is 6. The Balaban J connectivity index is 1.43. The number of amides is 3. The number of fused-ring (bicyclic) bond motifs is 2. The first-order chi connectivity index (χ1) is 20.4. The van der Waals surface area contributed by atoms with Gasteiger partial charge in [0.1, 0.15) is 11.8 Å². The van der Waals surface area contributed by atoms with Gasteiger partial charge in [-0.2, -0.15) is 13.2 Å². The van der Waals surface area contributed by atoms with E-state index in [9.17, 15) is 32.3 Å². The molecule has 3 atom stereocenters. The van der Waals surface area contributed by atoms with Gasteiger partial charge < -0.3 is 5.32 Å². The van der Waals surface area contributed by atoms with Crippen molar-refractivity contribution in [1.82, 2.24) is 4.57 Å². The van der Waals surface area contributed by atoms with Crippen molar-refractivity contribution >= 4 is 63.8 Å². The summed E-state index contributed by atoms with van der Waals surface area (Å²) in [6.45, 7) is 1.54. The van der Waals surface area contributed by atoms with E-state index >= 15 is 0 Å². The number of aryl methyl sites for hydroxylation is 1. The molecule has 2 aliphatic rings. The van der Waals surface area contributed by atoms with Gasteiger partial charge in [0.05, 0.1) is 22.2 Å². The van der Waals surface area contributed by atoms with Crippen LogP contribution in [0.2, 0.25) is 5.02 Å². The number of para-hydroxylation sites is 1. The topological polar surface area (TPSA) is 88.5 Å². The third kappa shape index (κ3) is 5.28. The van der Waals surface area contributed by atoms with E-state index in [2.05, 4.69) is 5.32 Å². The highest BCUT2D eigenvalue weighted by molar-refractivity contribution is 8.00. The molecule has 1 fully saturated rings. The first kappa shape index (κ1) is 29.2. The highest BCUT2D eigenvalue weighted by atomic mass is 35.5. The van der Waals surface area contributed by atoms with Gasteiger partial charge in [-0.05, 0) is 48.9 Å². The largest absolute Gasteiger partial charge is 0.418 e. The molecule has 220 valence electrons. The summed E-state index contributed by atoms with van der Waals surface area (Å²) >= 11 is 7.87. The summed E-state index contributed by atoms with van der Waals surface area (Å²) in [5, 5.41) is 2.35. The normalized spacial score (nSPS) is 19.7. The number of rotatable bonds is 5. The molecule has 43 heavy (non-hydrogen) atoms. The summed E-state index contributed by atoms with van der Waals surface area (Å²) in [5.41, 5.74) is 0.444. The highest BCUT2D eigenvalue weighted by Crippen LogP contribution is 2.54. The average molecular weight is 644 g/mol. The number of nitrogens with zero attached hydrogens (tertiary/aromatic N) is 2. The first-order valence-corrected chi connectivity index (χ1v) is 15.1.